The van der Waals surface area contributed by atoms with Crippen molar-refractivity contribution in [3.63, 3.8) is 0 Å². The Morgan fingerprint density at radius 2 is 0.427 bits per heavy atom. The number of nitro benzene ring substituents is 3. The van der Waals surface area contributed by atoms with Gasteiger partial charge in [-0.05, 0) is 206 Å². The van der Waals surface area contributed by atoms with Crippen molar-refractivity contribution in [2.75, 3.05) is 17.2 Å². The number of ether oxygens (including phenoxy) is 6. The molecule has 0 radical (unpaired) electrons. The summed E-state index contributed by atoms with van der Waals surface area (Å²) in [6.45, 7) is 0. The lowest BCUT2D eigenvalue weighted by Gasteiger charge is -2.13. The highest BCUT2D eigenvalue weighted by atomic mass is 16.6. The van der Waals surface area contributed by atoms with Crippen molar-refractivity contribution in [2.24, 2.45) is 0 Å². The Labute approximate surface area is 470 Å². The zero-order valence-electron chi connectivity index (χ0n) is 43.7. The van der Waals surface area contributed by atoms with Gasteiger partial charge in [0.15, 0.2) is 0 Å². The van der Waals surface area contributed by atoms with Crippen molar-refractivity contribution >= 4 is 34.1 Å². The van der Waals surface area contributed by atoms with Crippen LogP contribution in [0.25, 0.3) is 0 Å². The Morgan fingerprint density at radius 1 is 0.244 bits per heavy atom. The van der Waals surface area contributed by atoms with E-state index in [0.717, 1.165) is 41.0 Å². The number of nitrogens with two attached hydrogens (primary N) is 3. The van der Waals surface area contributed by atoms with E-state index >= 15 is 0 Å². The molecular weight excluding hydrogens is 1040 g/mol. The SMILES string of the molecule is Nc1ccc(Oc2ccc(CCc3cc(Oc4ccc(N)cc4)cc(Oc4ccc(N)cc4)c3)cc2)cc1.O=[N+]([O-])c1ccc(Oc2ccc(CCc3cc(Oc4ccc([N+](=O)[O-])cc4)cc(Oc4ccc([N+](=O)[O-])cc4)c3)cc2)cc1. The van der Waals surface area contributed by atoms with Gasteiger partial charge in [-0.2, -0.15) is 0 Å². The van der Waals surface area contributed by atoms with Crippen LogP contribution in [-0.4, -0.2) is 14.8 Å². The Morgan fingerprint density at radius 3 is 0.646 bits per heavy atom. The predicted molar refractivity (Wildman–Crippen MR) is 313 cm³/mol. The minimum Gasteiger partial charge on any atom is -0.457 e. The largest absolute Gasteiger partial charge is 0.457 e. The van der Waals surface area contributed by atoms with Crippen molar-refractivity contribution in [1.82, 2.24) is 0 Å². The number of anilines is 3. The summed E-state index contributed by atoms with van der Waals surface area (Å²) in [5.41, 5.74) is 23.5. The molecule has 0 fully saturated rings. The number of hydrogen-bond donors (Lipinski definition) is 3. The van der Waals surface area contributed by atoms with Gasteiger partial charge in [0.1, 0.15) is 69.0 Å². The number of non-ortho nitro benzene ring substituents is 3. The average Bonchev–Trinajstić information content (AvgIpc) is 3.53. The number of benzene rings is 10. The minimum atomic E-state index is -0.491. The van der Waals surface area contributed by atoms with Crippen LogP contribution >= 0.6 is 0 Å². The Kier molecular flexibility index (Phi) is 17.8. The molecule has 0 aliphatic rings. The zero-order valence-corrected chi connectivity index (χ0v) is 43.7. The van der Waals surface area contributed by atoms with E-state index in [1.807, 2.05) is 140 Å². The number of nitrogens with zero attached hydrogens (tertiary/aromatic N) is 3. The van der Waals surface area contributed by atoms with Crippen LogP contribution in [0.5, 0.6) is 69.0 Å². The molecule has 0 saturated heterocycles. The fourth-order valence-corrected chi connectivity index (χ4v) is 8.14. The van der Waals surface area contributed by atoms with E-state index in [0.29, 0.717) is 87.4 Å². The van der Waals surface area contributed by atoms with Crippen molar-refractivity contribution in [1.29, 1.82) is 0 Å². The van der Waals surface area contributed by atoms with Crippen LogP contribution in [0.4, 0.5) is 34.1 Å². The Balaban J connectivity index is 0.000000200. The van der Waals surface area contributed by atoms with Gasteiger partial charge in [-0.25, -0.2) is 0 Å². The lowest BCUT2D eigenvalue weighted by Crippen LogP contribution is -1.95. The second-order valence-corrected chi connectivity index (χ2v) is 18.5. The van der Waals surface area contributed by atoms with E-state index in [4.69, 9.17) is 45.6 Å². The van der Waals surface area contributed by atoms with Crippen LogP contribution < -0.4 is 45.6 Å². The van der Waals surface area contributed by atoms with Gasteiger partial charge in [-0.15, -0.1) is 0 Å². The second kappa shape index (κ2) is 26.3. The van der Waals surface area contributed by atoms with Crippen molar-refractivity contribution in [3.8, 4) is 69.0 Å². The molecule has 10 aromatic rings. The summed E-state index contributed by atoms with van der Waals surface area (Å²) in [6.07, 6.45) is 2.91. The summed E-state index contributed by atoms with van der Waals surface area (Å²) in [4.78, 5) is 31.4. The smallest absolute Gasteiger partial charge is 0.269 e. The van der Waals surface area contributed by atoms with E-state index in [1.165, 1.54) is 78.4 Å². The van der Waals surface area contributed by atoms with E-state index in [2.05, 4.69) is 12.1 Å². The molecule has 18 nitrogen and oxygen atoms in total. The molecule has 82 heavy (non-hydrogen) atoms. The molecule has 410 valence electrons. The van der Waals surface area contributed by atoms with Crippen LogP contribution in [0.1, 0.15) is 22.3 Å². The first-order valence-corrected chi connectivity index (χ1v) is 25.5. The van der Waals surface area contributed by atoms with Crippen LogP contribution in [0.2, 0.25) is 0 Å². The summed E-state index contributed by atoms with van der Waals surface area (Å²) in [5.74, 6) is 7.05. The summed E-state index contributed by atoms with van der Waals surface area (Å²) in [6, 6.07) is 66.1. The maximum Gasteiger partial charge on any atom is 0.269 e. The topological polar surface area (TPSA) is 263 Å². The van der Waals surface area contributed by atoms with Crippen LogP contribution in [-0.2, 0) is 25.7 Å². The van der Waals surface area contributed by atoms with Crippen LogP contribution in [0.3, 0.4) is 0 Å². The molecule has 0 spiro atoms. The van der Waals surface area contributed by atoms with Gasteiger partial charge in [0.05, 0.1) is 14.8 Å². The molecule has 10 aromatic carbocycles. The van der Waals surface area contributed by atoms with E-state index in [1.54, 1.807) is 6.07 Å². The highest BCUT2D eigenvalue weighted by Gasteiger charge is 2.13. The van der Waals surface area contributed by atoms with E-state index in [9.17, 15) is 30.3 Å². The quantitative estimate of drug-likeness (QED) is 0.0343. The maximum absolute atomic E-state index is 11.0. The van der Waals surface area contributed by atoms with Crippen LogP contribution in [0, 0.1) is 30.3 Å². The highest BCUT2D eigenvalue weighted by molar-refractivity contribution is 5.50. The molecule has 0 aliphatic carbocycles. The third kappa shape index (κ3) is 16.3. The molecule has 0 aliphatic heterocycles. The van der Waals surface area contributed by atoms with Crippen molar-refractivity contribution in [3.05, 3.63) is 283 Å². The van der Waals surface area contributed by atoms with Gasteiger partial charge >= 0.3 is 0 Å². The molecule has 0 aromatic heterocycles. The van der Waals surface area contributed by atoms with Gasteiger partial charge < -0.3 is 45.6 Å². The normalized spacial score (nSPS) is 10.6. The summed E-state index contributed by atoms with van der Waals surface area (Å²) < 4.78 is 35.9. The lowest BCUT2D eigenvalue weighted by molar-refractivity contribution is -0.385. The molecule has 0 bridgehead atoms. The summed E-state index contributed by atoms with van der Waals surface area (Å²) >= 11 is 0. The number of nitro groups is 3. The van der Waals surface area contributed by atoms with E-state index in [-0.39, 0.29) is 17.1 Å². The third-order valence-corrected chi connectivity index (χ3v) is 12.3. The van der Waals surface area contributed by atoms with Crippen LogP contribution in [0.15, 0.2) is 231 Å². The van der Waals surface area contributed by atoms with Gasteiger partial charge in [0.25, 0.3) is 17.1 Å². The number of aryl methyl sites for hydroxylation is 4. The second-order valence-electron chi connectivity index (χ2n) is 18.5. The number of rotatable bonds is 21. The average molecular weight is 1100 g/mol. The van der Waals surface area contributed by atoms with Gasteiger partial charge in [-0.3, -0.25) is 30.3 Å². The summed E-state index contributed by atoms with van der Waals surface area (Å²) in [7, 11) is 0. The molecule has 6 N–H and O–H groups in total. The van der Waals surface area contributed by atoms with Crippen molar-refractivity contribution < 1.29 is 43.2 Å². The molecule has 0 unspecified atom stereocenters. The third-order valence-electron chi connectivity index (χ3n) is 12.3. The monoisotopic (exact) mass is 1100 g/mol. The highest BCUT2D eigenvalue weighted by Crippen LogP contribution is 2.35. The zero-order chi connectivity index (χ0) is 57.4. The Bertz CT molecular complexity index is 3630. The van der Waals surface area contributed by atoms with Gasteiger partial charge in [0.2, 0.25) is 0 Å². The predicted octanol–water partition coefficient (Wildman–Crippen LogP) is 16.2. The Hall–Kier alpha value is -11.4. The molecule has 0 amide bonds. The first-order valence-electron chi connectivity index (χ1n) is 25.5. The molecule has 18 heteroatoms. The minimum absolute atomic E-state index is 0.0174. The lowest BCUT2D eigenvalue weighted by atomic mass is 10.0. The fourth-order valence-electron chi connectivity index (χ4n) is 8.14. The summed E-state index contributed by atoms with van der Waals surface area (Å²) in [5, 5.41) is 32.8. The molecule has 0 saturated carbocycles. The van der Waals surface area contributed by atoms with Gasteiger partial charge in [-0.1, -0.05) is 24.3 Å². The standard InChI is InChI=1S/C32H23N3O9.C32H29N3O3/c36-33(37)24-5-13-28(14-6-24)42-27-11-3-22(4-12-27)1-2-23-19-31(43-29-15-7-25(8-16-29)34(38)39)21-32(20-23)44-30-17-9-26(10-18-30)35(40)41;33-24-5-13-28(14-6-24)36-27-11-3-22(4-12-27)1-2-23-19-31(37-29-15-7-25(34)8-16-29)21-32(20-23)38-30-17-9-26(35)10-18-30/h3-21H,1-2H2;3-21H,1-2,33-35H2. The van der Waals surface area contributed by atoms with Gasteiger partial charge in [0, 0.05) is 65.6 Å². The molecule has 0 atom stereocenters. The molecule has 0 heterocycles. The van der Waals surface area contributed by atoms with Crippen molar-refractivity contribution in [2.45, 2.75) is 25.7 Å². The number of hydrogen-bond acceptors (Lipinski definition) is 15. The number of nitrogen functional groups attached to an aromatic ring is 3. The first kappa shape index (κ1) is 55.4. The maximum atomic E-state index is 11.0. The first-order chi connectivity index (χ1) is 39.7. The fraction of sp³-hybridized carbons (Fsp3) is 0.0625. The van der Waals surface area contributed by atoms with E-state index < -0.39 is 14.8 Å². The molecular formula is C64H52N6O12. The molecule has 10 rings (SSSR count).